The molecule has 2 atom stereocenters. The van der Waals surface area contributed by atoms with Crippen molar-refractivity contribution in [3.05, 3.63) is 48.0 Å². The summed E-state index contributed by atoms with van der Waals surface area (Å²) in [4.78, 5) is 12.6. The highest BCUT2D eigenvalue weighted by molar-refractivity contribution is 5.80. The normalized spacial score (nSPS) is 21.9. The van der Waals surface area contributed by atoms with Crippen molar-refractivity contribution in [1.29, 1.82) is 0 Å². The molecule has 1 aromatic heterocycles. The Hall–Kier alpha value is -3.09. The average Bonchev–Trinajstić information content (AvgIpc) is 3.45. The summed E-state index contributed by atoms with van der Waals surface area (Å²) in [6, 6.07) is 14.0. The Morgan fingerprint density at radius 3 is 2.81 bits per heavy atom. The summed E-state index contributed by atoms with van der Waals surface area (Å²) < 4.78 is 13.6. The van der Waals surface area contributed by atoms with Gasteiger partial charge in [0, 0.05) is 12.5 Å². The van der Waals surface area contributed by atoms with E-state index < -0.39 is 0 Å². The molecule has 1 saturated carbocycles. The number of ether oxygens (including phenoxy) is 2. The largest absolute Gasteiger partial charge is 0.493 e. The number of hydrogen-bond acceptors (Lipinski definition) is 5. The van der Waals surface area contributed by atoms with Gasteiger partial charge in [0.25, 0.3) is 0 Å². The van der Waals surface area contributed by atoms with E-state index in [1.807, 2.05) is 35.0 Å². The highest BCUT2D eigenvalue weighted by Gasteiger charge is 2.31. The van der Waals surface area contributed by atoms with Crippen LogP contribution in [0.15, 0.2) is 42.5 Å². The van der Waals surface area contributed by atoms with E-state index in [1.165, 1.54) is 18.4 Å². The molecular weight excluding hydrogens is 392 g/mol. The Balaban J connectivity index is 1.35. The number of piperidine rings is 1. The molecule has 2 aliphatic rings. The van der Waals surface area contributed by atoms with Crippen molar-refractivity contribution in [3.63, 3.8) is 0 Å². The summed E-state index contributed by atoms with van der Waals surface area (Å²) >= 11 is 0. The van der Waals surface area contributed by atoms with E-state index >= 15 is 0 Å². The first-order chi connectivity index (χ1) is 15.2. The van der Waals surface area contributed by atoms with Crippen LogP contribution in [-0.2, 0) is 11.3 Å². The SMILES string of the molecule is COc1ccc([C@H]2CNC(=O)[C@H](Cn3nnc4ccccc43)C2)cc1OC1CCCC1. The second kappa shape index (κ2) is 8.57. The van der Waals surface area contributed by atoms with Gasteiger partial charge in [-0.05, 0) is 61.9 Å². The Bertz CT molecular complexity index is 1070. The first-order valence-electron chi connectivity index (χ1n) is 11.1. The van der Waals surface area contributed by atoms with Gasteiger partial charge in [0.15, 0.2) is 11.5 Å². The number of para-hydroxylation sites is 1. The predicted molar refractivity (Wildman–Crippen MR) is 117 cm³/mol. The molecule has 162 valence electrons. The minimum Gasteiger partial charge on any atom is -0.493 e. The lowest BCUT2D eigenvalue weighted by molar-refractivity contribution is -0.127. The summed E-state index contributed by atoms with van der Waals surface area (Å²) in [5, 5.41) is 11.6. The Labute approximate surface area is 181 Å². The van der Waals surface area contributed by atoms with Crippen molar-refractivity contribution in [2.45, 2.75) is 50.7 Å². The highest BCUT2D eigenvalue weighted by atomic mass is 16.5. The van der Waals surface area contributed by atoms with Crippen molar-refractivity contribution in [2.75, 3.05) is 13.7 Å². The first-order valence-corrected chi connectivity index (χ1v) is 11.1. The Morgan fingerprint density at radius 2 is 1.97 bits per heavy atom. The average molecular weight is 421 g/mol. The number of methoxy groups -OCH3 is 1. The maximum Gasteiger partial charge on any atom is 0.225 e. The van der Waals surface area contributed by atoms with E-state index in [9.17, 15) is 4.79 Å². The molecule has 0 bridgehead atoms. The molecule has 1 N–H and O–H groups in total. The number of aromatic nitrogens is 3. The van der Waals surface area contributed by atoms with Crippen LogP contribution in [0.1, 0.15) is 43.6 Å². The van der Waals surface area contributed by atoms with Crippen molar-refractivity contribution in [3.8, 4) is 11.5 Å². The third kappa shape index (κ3) is 4.09. The number of nitrogens with one attached hydrogen (secondary N) is 1. The second-order valence-electron chi connectivity index (χ2n) is 8.57. The minimum atomic E-state index is -0.162. The summed E-state index contributed by atoms with van der Waals surface area (Å²) in [6.07, 6.45) is 5.67. The molecule has 0 radical (unpaired) electrons. The van der Waals surface area contributed by atoms with Gasteiger partial charge in [0.1, 0.15) is 5.52 Å². The van der Waals surface area contributed by atoms with Crippen LogP contribution in [-0.4, -0.2) is 40.7 Å². The van der Waals surface area contributed by atoms with Crippen LogP contribution in [0, 0.1) is 5.92 Å². The summed E-state index contributed by atoms with van der Waals surface area (Å²) in [7, 11) is 1.68. The molecular formula is C24H28N4O3. The van der Waals surface area contributed by atoms with E-state index in [2.05, 4.69) is 27.8 Å². The van der Waals surface area contributed by atoms with Crippen LogP contribution in [0.5, 0.6) is 11.5 Å². The number of carbonyl (C=O) groups is 1. The number of benzene rings is 2. The van der Waals surface area contributed by atoms with Gasteiger partial charge in [-0.25, -0.2) is 4.68 Å². The minimum absolute atomic E-state index is 0.0757. The molecule has 2 heterocycles. The van der Waals surface area contributed by atoms with Gasteiger partial charge in [-0.15, -0.1) is 5.10 Å². The topological polar surface area (TPSA) is 78.3 Å². The van der Waals surface area contributed by atoms with Gasteiger partial charge in [-0.3, -0.25) is 4.79 Å². The zero-order chi connectivity index (χ0) is 21.2. The van der Waals surface area contributed by atoms with Crippen LogP contribution in [0.25, 0.3) is 11.0 Å². The number of hydrogen-bond donors (Lipinski definition) is 1. The zero-order valence-electron chi connectivity index (χ0n) is 17.8. The van der Waals surface area contributed by atoms with Crippen molar-refractivity contribution in [1.82, 2.24) is 20.3 Å². The maximum atomic E-state index is 12.6. The molecule has 0 unspecified atom stereocenters. The van der Waals surface area contributed by atoms with E-state index in [0.29, 0.717) is 13.1 Å². The van der Waals surface area contributed by atoms with E-state index in [-0.39, 0.29) is 23.8 Å². The molecule has 0 spiro atoms. The summed E-state index contributed by atoms with van der Waals surface area (Å²) in [5.41, 5.74) is 2.97. The fraction of sp³-hybridized carbons (Fsp3) is 0.458. The van der Waals surface area contributed by atoms with Crippen LogP contribution in [0.2, 0.25) is 0 Å². The number of carbonyl (C=O) groups excluding carboxylic acids is 1. The Kier molecular flexibility index (Phi) is 5.49. The third-order valence-electron chi connectivity index (χ3n) is 6.53. The number of nitrogens with zero attached hydrogens (tertiary/aromatic N) is 3. The third-order valence-corrected chi connectivity index (χ3v) is 6.53. The van der Waals surface area contributed by atoms with E-state index in [1.54, 1.807) is 7.11 Å². The van der Waals surface area contributed by atoms with Crippen molar-refractivity contribution in [2.24, 2.45) is 5.92 Å². The van der Waals surface area contributed by atoms with E-state index in [4.69, 9.17) is 9.47 Å². The lowest BCUT2D eigenvalue weighted by Crippen LogP contribution is -2.42. The molecule has 1 amide bonds. The van der Waals surface area contributed by atoms with Crippen LogP contribution >= 0.6 is 0 Å². The number of fused-ring (bicyclic) bond motifs is 1. The lowest BCUT2D eigenvalue weighted by atomic mass is 9.85. The lowest BCUT2D eigenvalue weighted by Gasteiger charge is -2.30. The smallest absolute Gasteiger partial charge is 0.225 e. The quantitative estimate of drug-likeness (QED) is 0.658. The molecule has 5 rings (SSSR count). The molecule has 7 heteroatoms. The van der Waals surface area contributed by atoms with Gasteiger partial charge in [-0.1, -0.05) is 23.4 Å². The van der Waals surface area contributed by atoms with Gasteiger partial charge in [-0.2, -0.15) is 0 Å². The summed E-state index contributed by atoms with van der Waals surface area (Å²) in [5.74, 6) is 1.70. The van der Waals surface area contributed by atoms with Gasteiger partial charge in [0.2, 0.25) is 5.91 Å². The van der Waals surface area contributed by atoms with Crippen molar-refractivity contribution < 1.29 is 14.3 Å². The predicted octanol–water partition coefficient (Wildman–Crippen LogP) is 3.68. The molecule has 7 nitrogen and oxygen atoms in total. The highest BCUT2D eigenvalue weighted by Crippen LogP contribution is 2.36. The molecule has 3 aromatic rings. The van der Waals surface area contributed by atoms with Crippen LogP contribution < -0.4 is 14.8 Å². The molecule has 31 heavy (non-hydrogen) atoms. The molecule has 1 saturated heterocycles. The number of amides is 1. The van der Waals surface area contributed by atoms with E-state index in [0.717, 1.165) is 41.8 Å². The molecule has 1 aliphatic heterocycles. The standard InChI is InChI=1S/C24H28N4O3/c1-30-22-11-10-16(13-23(22)31-19-6-2-3-7-19)17-12-18(24(29)25-14-17)15-28-21-9-5-4-8-20(21)26-27-28/h4-5,8-11,13,17-19H,2-3,6-7,12,14-15H2,1H3,(H,25,29)/t17-,18+/m1/s1. The molecule has 2 aromatic carbocycles. The first kappa shape index (κ1) is 19.8. The van der Waals surface area contributed by atoms with Gasteiger partial charge < -0.3 is 14.8 Å². The van der Waals surface area contributed by atoms with Crippen LogP contribution in [0.3, 0.4) is 0 Å². The monoisotopic (exact) mass is 420 g/mol. The zero-order valence-corrected chi connectivity index (χ0v) is 17.8. The Morgan fingerprint density at radius 1 is 1.13 bits per heavy atom. The van der Waals surface area contributed by atoms with Crippen molar-refractivity contribution >= 4 is 16.9 Å². The fourth-order valence-corrected chi connectivity index (χ4v) is 4.80. The van der Waals surface area contributed by atoms with Gasteiger partial charge in [0.05, 0.1) is 31.2 Å². The maximum absolute atomic E-state index is 12.6. The summed E-state index contributed by atoms with van der Waals surface area (Å²) in [6.45, 7) is 1.15. The fourth-order valence-electron chi connectivity index (χ4n) is 4.80. The van der Waals surface area contributed by atoms with Crippen LogP contribution in [0.4, 0.5) is 0 Å². The second-order valence-corrected chi connectivity index (χ2v) is 8.57. The van der Waals surface area contributed by atoms with Gasteiger partial charge >= 0.3 is 0 Å². The number of rotatable bonds is 6. The molecule has 1 aliphatic carbocycles. The molecule has 2 fully saturated rings.